The van der Waals surface area contributed by atoms with Gasteiger partial charge in [-0.3, -0.25) is 9.59 Å². The molecule has 1 unspecified atom stereocenters. The Hall–Kier alpha value is -4.07. The van der Waals surface area contributed by atoms with Crippen LogP contribution < -0.4 is 9.47 Å². The smallest absolute Gasteiger partial charge is 0.324 e. The lowest BCUT2D eigenvalue weighted by molar-refractivity contribution is -0.621. The molecule has 2 aromatic carbocycles. The van der Waals surface area contributed by atoms with Crippen LogP contribution in [0.5, 0.6) is 5.75 Å². The predicted octanol–water partition coefficient (Wildman–Crippen LogP) is 3.80. The third-order valence-electron chi connectivity index (χ3n) is 6.77. The van der Waals surface area contributed by atoms with Crippen LogP contribution in [0.2, 0.25) is 0 Å². The average molecular weight is 489 g/mol. The standard InChI is InChI=1S/C28H28N2O6/c1-17-18(2)30(33)25(29(17)15-19-10-6-5-7-11-19)23(24-26(31)35-28(3,4)36-27(24)32)21-14-20-12-8-9-13-22(20)34-16-21/h5-14,23-24H,15-16H2,1-4H3. The van der Waals surface area contributed by atoms with Gasteiger partial charge in [-0.1, -0.05) is 48.5 Å². The first-order valence-electron chi connectivity index (χ1n) is 11.9. The molecule has 1 saturated heterocycles. The zero-order valence-corrected chi connectivity index (χ0v) is 20.7. The van der Waals surface area contributed by atoms with Crippen LogP contribution in [-0.2, 0) is 25.6 Å². The van der Waals surface area contributed by atoms with E-state index in [-0.39, 0.29) is 12.4 Å². The number of hydrogen-bond donors (Lipinski definition) is 0. The van der Waals surface area contributed by atoms with E-state index in [1.165, 1.54) is 13.8 Å². The zero-order chi connectivity index (χ0) is 25.6. The molecular weight excluding hydrogens is 460 g/mol. The van der Waals surface area contributed by atoms with E-state index in [1.54, 1.807) is 6.92 Å². The Morgan fingerprint density at radius 3 is 2.36 bits per heavy atom. The number of fused-ring (bicyclic) bond motifs is 1. The molecule has 8 heteroatoms. The number of hydrogen-bond acceptors (Lipinski definition) is 6. The summed E-state index contributed by atoms with van der Waals surface area (Å²) in [4.78, 5) is 26.6. The van der Waals surface area contributed by atoms with Crippen molar-refractivity contribution in [3.63, 3.8) is 0 Å². The Kier molecular flexibility index (Phi) is 5.82. The molecule has 186 valence electrons. The number of carbonyl (C=O) groups is 2. The first-order valence-corrected chi connectivity index (χ1v) is 11.9. The van der Waals surface area contributed by atoms with Gasteiger partial charge in [0.2, 0.25) is 0 Å². The third-order valence-corrected chi connectivity index (χ3v) is 6.77. The minimum atomic E-state index is -1.38. The van der Waals surface area contributed by atoms with E-state index in [0.29, 0.717) is 23.6 Å². The zero-order valence-electron chi connectivity index (χ0n) is 20.7. The number of para-hydroxylation sites is 1. The molecule has 3 aromatic rings. The second-order valence-corrected chi connectivity index (χ2v) is 9.64. The average Bonchev–Trinajstić information content (AvgIpc) is 3.04. The monoisotopic (exact) mass is 488 g/mol. The topological polar surface area (TPSA) is 93.7 Å². The Morgan fingerprint density at radius 1 is 1.03 bits per heavy atom. The highest BCUT2D eigenvalue weighted by molar-refractivity contribution is 5.98. The number of rotatable bonds is 5. The van der Waals surface area contributed by atoms with Crippen LogP contribution in [0, 0.1) is 25.0 Å². The molecular formula is C28H28N2O6. The van der Waals surface area contributed by atoms with Crippen LogP contribution >= 0.6 is 0 Å². The number of carbonyl (C=O) groups excluding carboxylic acids is 2. The molecule has 0 N–H and O–H groups in total. The molecule has 36 heavy (non-hydrogen) atoms. The van der Waals surface area contributed by atoms with Gasteiger partial charge in [-0.05, 0) is 23.3 Å². The summed E-state index contributed by atoms with van der Waals surface area (Å²) in [6.45, 7) is 7.10. The summed E-state index contributed by atoms with van der Waals surface area (Å²) in [5, 5.41) is 13.6. The summed E-state index contributed by atoms with van der Waals surface area (Å²) >= 11 is 0. The molecule has 0 aliphatic carbocycles. The van der Waals surface area contributed by atoms with Crippen molar-refractivity contribution in [2.24, 2.45) is 5.92 Å². The van der Waals surface area contributed by atoms with Crippen molar-refractivity contribution >= 4 is 18.0 Å². The molecule has 0 saturated carbocycles. The predicted molar refractivity (Wildman–Crippen MR) is 131 cm³/mol. The van der Waals surface area contributed by atoms with Crippen LogP contribution in [0.25, 0.3) is 6.08 Å². The molecule has 1 fully saturated rings. The second kappa shape index (κ2) is 8.86. The van der Waals surface area contributed by atoms with Crippen molar-refractivity contribution in [2.45, 2.75) is 45.9 Å². The number of cyclic esters (lactones) is 2. The van der Waals surface area contributed by atoms with Crippen molar-refractivity contribution in [3.05, 3.63) is 93.7 Å². The van der Waals surface area contributed by atoms with E-state index < -0.39 is 29.6 Å². The van der Waals surface area contributed by atoms with Crippen LogP contribution in [0.1, 0.15) is 48.1 Å². The van der Waals surface area contributed by atoms with Crippen molar-refractivity contribution in [1.82, 2.24) is 4.57 Å². The summed E-state index contributed by atoms with van der Waals surface area (Å²) in [7, 11) is 0. The van der Waals surface area contributed by atoms with E-state index in [1.807, 2.05) is 72.2 Å². The highest BCUT2D eigenvalue weighted by atomic mass is 16.7. The third kappa shape index (κ3) is 4.12. The van der Waals surface area contributed by atoms with E-state index in [0.717, 1.165) is 21.6 Å². The summed E-state index contributed by atoms with van der Waals surface area (Å²) in [5.41, 5.74) is 3.62. The van der Waals surface area contributed by atoms with Gasteiger partial charge in [-0.2, -0.15) is 0 Å². The number of benzene rings is 2. The Labute approximate surface area is 209 Å². The van der Waals surface area contributed by atoms with Crippen molar-refractivity contribution in [3.8, 4) is 5.75 Å². The Bertz CT molecular complexity index is 1350. The molecule has 0 bridgehead atoms. The molecule has 3 heterocycles. The molecule has 2 aliphatic heterocycles. The van der Waals surface area contributed by atoms with Crippen molar-refractivity contribution in [1.29, 1.82) is 0 Å². The summed E-state index contributed by atoms with van der Waals surface area (Å²) in [6, 6.07) is 17.2. The van der Waals surface area contributed by atoms with Gasteiger partial charge >= 0.3 is 11.9 Å². The normalized spacial score (nSPS) is 17.9. The highest BCUT2D eigenvalue weighted by Crippen LogP contribution is 2.41. The number of nitrogens with zero attached hydrogens (tertiary/aromatic N) is 2. The first kappa shape index (κ1) is 23.7. The van der Waals surface area contributed by atoms with Gasteiger partial charge in [0.1, 0.15) is 36.2 Å². The van der Waals surface area contributed by atoms with Gasteiger partial charge in [-0.25, -0.2) is 9.30 Å². The summed E-state index contributed by atoms with van der Waals surface area (Å²) in [5.74, 6) is -4.21. The quantitative estimate of drug-likeness (QED) is 0.235. The maximum Gasteiger partial charge on any atom is 0.324 e. The van der Waals surface area contributed by atoms with Gasteiger partial charge < -0.3 is 19.4 Å². The lowest BCUT2D eigenvalue weighted by Crippen LogP contribution is -2.51. The van der Waals surface area contributed by atoms with Crippen molar-refractivity contribution in [2.75, 3.05) is 6.61 Å². The van der Waals surface area contributed by atoms with Crippen LogP contribution in [0.15, 0.2) is 60.2 Å². The van der Waals surface area contributed by atoms with Gasteiger partial charge in [-0.15, -0.1) is 0 Å². The fourth-order valence-corrected chi connectivity index (χ4v) is 4.90. The van der Waals surface area contributed by atoms with E-state index in [4.69, 9.17) is 14.2 Å². The molecule has 2 aliphatic rings. The molecule has 5 rings (SSSR count). The van der Waals surface area contributed by atoms with E-state index >= 15 is 0 Å². The number of imidazole rings is 1. The maximum atomic E-state index is 13.6. The van der Waals surface area contributed by atoms with Gasteiger partial charge in [0.05, 0.1) is 0 Å². The van der Waals surface area contributed by atoms with E-state index in [2.05, 4.69) is 0 Å². The number of aromatic nitrogens is 2. The van der Waals surface area contributed by atoms with Gasteiger partial charge in [0.15, 0.2) is 5.92 Å². The molecule has 8 nitrogen and oxygen atoms in total. The molecule has 0 amide bonds. The number of ether oxygens (including phenoxy) is 3. The molecule has 1 aromatic heterocycles. The minimum Gasteiger partial charge on any atom is -0.711 e. The fraction of sp³-hybridized carbons (Fsp3) is 0.321. The second-order valence-electron chi connectivity index (χ2n) is 9.64. The largest absolute Gasteiger partial charge is 0.711 e. The van der Waals surface area contributed by atoms with Crippen molar-refractivity contribution < 1.29 is 28.5 Å². The lowest BCUT2D eigenvalue weighted by Gasteiger charge is -2.36. The fourth-order valence-electron chi connectivity index (χ4n) is 4.90. The minimum absolute atomic E-state index is 0.108. The first-order chi connectivity index (χ1) is 17.2. The molecule has 0 radical (unpaired) electrons. The van der Waals surface area contributed by atoms with Gasteiger partial charge in [0, 0.05) is 33.3 Å². The number of esters is 2. The SMILES string of the molecule is Cc1c(C)[n+]([O-])c(C(C2=Cc3ccccc3OC2)C2C(=O)OC(C)(C)OC2=O)n1Cc1ccccc1. The summed E-state index contributed by atoms with van der Waals surface area (Å²) < 4.78 is 19.6. The highest BCUT2D eigenvalue weighted by Gasteiger charge is 2.53. The molecule has 0 spiro atoms. The van der Waals surface area contributed by atoms with Gasteiger partial charge in [0.25, 0.3) is 11.6 Å². The Morgan fingerprint density at radius 2 is 1.67 bits per heavy atom. The Balaban J connectivity index is 1.70. The summed E-state index contributed by atoms with van der Waals surface area (Å²) in [6.07, 6.45) is 1.88. The lowest BCUT2D eigenvalue weighted by atomic mass is 9.82. The molecule has 1 atom stereocenters. The van der Waals surface area contributed by atoms with E-state index in [9.17, 15) is 14.8 Å². The van der Waals surface area contributed by atoms with Crippen LogP contribution in [0.4, 0.5) is 0 Å². The van der Waals surface area contributed by atoms with Crippen LogP contribution in [0.3, 0.4) is 0 Å². The maximum absolute atomic E-state index is 13.6. The van der Waals surface area contributed by atoms with Crippen LogP contribution in [-0.4, -0.2) is 28.9 Å².